The van der Waals surface area contributed by atoms with Crippen LogP contribution < -0.4 is 0 Å². The van der Waals surface area contributed by atoms with Crippen molar-refractivity contribution in [2.45, 2.75) is 60.3 Å². The second-order valence-electron chi connectivity index (χ2n) is 4.78. The predicted molar refractivity (Wildman–Crippen MR) is 77.5 cm³/mol. The lowest BCUT2D eigenvalue weighted by Crippen LogP contribution is -2.38. The highest BCUT2D eigenvalue weighted by Gasteiger charge is 2.20. The maximum Gasteiger partial charge on any atom is 0.222 e. The lowest BCUT2D eigenvalue weighted by atomic mass is 9.98. The summed E-state index contributed by atoms with van der Waals surface area (Å²) in [5.74, 6) is 1.72. The zero-order valence-electron chi connectivity index (χ0n) is 12.9. The van der Waals surface area contributed by atoms with Crippen LogP contribution in [0.4, 0.5) is 0 Å². The van der Waals surface area contributed by atoms with Crippen molar-refractivity contribution in [3.8, 4) is 0 Å². The largest absolute Gasteiger partial charge is 0.343 e. The quantitative estimate of drug-likeness (QED) is 0.775. The van der Waals surface area contributed by atoms with Crippen LogP contribution in [-0.4, -0.2) is 30.7 Å². The minimum atomic E-state index is 0.367. The Balaban J connectivity index is 0. The summed E-state index contributed by atoms with van der Waals surface area (Å²) < 4.78 is 0. The number of carbonyl (C=O) groups is 2. The molecule has 108 valence electrons. The molecule has 1 aliphatic heterocycles. The van der Waals surface area contributed by atoms with Gasteiger partial charge in [-0.15, -0.1) is 0 Å². The molecule has 1 unspecified atom stereocenters. The van der Waals surface area contributed by atoms with Crippen molar-refractivity contribution in [1.29, 1.82) is 0 Å². The highest BCUT2D eigenvalue weighted by Crippen LogP contribution is 2.18. The number of piperidine rings is 1. The van der Waals surface area contributed by atoms with E-state index in [1.807, 2.05) is 25.5 Å². The summed E-state index contributed by atoms with van der Waals surface area (Å²) in [6, 6.07) is 0. The number of hydrogen-bond donors (Lipinski definition) is 0. The Hall–Kier alpha value is -0.860. The van der Waals surface area contributed by atoms with Crippen molar-refractivity contribution in [3.63, 3.8) is 0 Å². The Morgan fingerprint density at radius 1 is 1.28 bits per heavy atom. The topological polar surface area (TPSA) is 37.4 Å². The Kier molecular flexibility index (Phi) is 13.6. The lowest BCUT2D eigenvalue weighted by Gasteiger charge is -2.31. The minimum Gasteiger partial charge on any atom is -0.343 e. The third-order valence-electron chi connectivity index (χ3n) is 3.36. The van der Waals surface area contributed by atoms with Gasteiger partial charge >= 0.3 is 0 Å². The van der Waals surface area contributed by atoms with Crippen LogP contribution in [0.3, 0.4) is 0 Å². The molecule has 1 rings (SSSR count). The van der Waals surface area contributed by atoms with Crippen molar-refractivity contribution in [1.82, 2.24) is 4.90 Å². The van der Waals surface area contributed by atoms with E-state index in [9.17, 15) is 4.79 Å². The van der Waals surface area contributed by atoms with Crippen molar-refractivity contribution in [3.05, 3.63) is 0 Å². The maximum atomic E-state index is 11.8. The van der Waals surface area contributed by atoms with Crippen molar-refractivity contribution < 1.29 is 9.59 Å². The molecule has 0 bridgehead atoms. The molecule has 0 N–H and O–H groups in total. The van der Waals surface area contributed by atoms with Gasteiger partial charge in [-0.1, -0.05) is 41.0 Å². The monoisotopic (exact) mass is 257 g/mol. The van der Waals surface area contributed by atoms with Crippen LogP contribution in [0, 0.1) is 11.8 Å². The SMILES string of the molecule is C=O.CC.CCC(C)CC(=O)N1CCC(C)CC1. The summed E-state index contributed by atoms with van der Waals surface area (Å²) in [7, 11) is 0. The first kappa shape index (κ1) is 19.5. The standard InChI is InChI=1S/C12H23NO.C2H6.CH2O/c1-4-10(2)9-12(14)13-7-5-11(3)6-8-13;2*1-2/h10-11H,4-9H2,1-3H3;1-2H3;1H2. The second kappa shape index (κ2) is 12.6. The van der Waals surface area contributed by atoms with Gasteiger partial charge in [0, 0.05) is 19.5 Å². The van der Waals surface area contributed by atoms with E-state index in [4.69, 9.17) is 4.79 Å². The van der Waals surface area contributed by atoms with Crippen LogP contribution >= 0.6 is 0 Å². The van der Waals surface area contributed by atoms with Gasteiger partial charge in [-0.05, 0) is 24.7 Å². The Bertz CT molecular complexity index is 199. The number of hydrogen-bond acceptors (Lipinski definition) is 2. The molecule has 18 heavy (non-hydrogen) atoms. The molecule has 3 heteroatoms. The summed E-state index contributed by atoms with van der Waals surface area (Å²) in [6.45, 7) is 14.5. The van der Waals surface area contributed by atoms with E-state index >= 15 is 0 Å². The molecule has 1 saturated heterocycles. The van der Waals surface area contributed by atoms with Crippen molar-refractivity contribution in [2.24, 2.45) is 11.8 Å². The van der Waals surface area contributed by atoms with E-state index in [1.54, 1.807) is 0 Å². The smallest absolute Gasteiger partial charge is 0.222 e. The number of carbonyl (C=O) groups excluding carboxylic acids is 2. The molecule has 0 aromatic heterocycles. The first-order chi connectivity index (χ1) is 8.63. The van der Waals surface area contributed by atoms with Crippen molar-refractivity contribution >= 4 is 12.7 Å². The molecule has 1 amide bonds. The second-order valence-corrected chi connectivity index (χ2v) is 4.78. The lowest BCUT2D eigenvalue weighted by molar-refractivity contribution is -0.133. The Morgan fingerprint density at radius 3 is 2.11 bits per heavy atom. The zero-order chi connectivity index (χ0) is 14.6. The van der Waals surface area contributed by atoms with Gasteiger partial charge in [-0.3, -0.25) is 4.79 Å². The normalized spacial score (nSPS) is 16.8. The first-order valence-corrected chi connectivity index (χ1v) is 7.20. The molecule has 0 spiro atoms. The van der Waals surface area contributed by atoms with Crippen LogP contribution in [0.15, 0.2) is 0 Å². The average molecular weight is 257 g/mol. The summed E-state index contributed by atoms with van der Waals surface area (Å²) in [4.78, 5) is 21.8. The molecule has 0 aliphatic carbocycles. The van der Waals surface area contributed by atoms with E-state index in [0.29, 0.717) is 11.8 Å². The van der Waals surface area contributed by atoms with Gasteiger partial charge in [0.05, 0.1) is 0 Å². The fourth-order valence-electron chi connectivity index (χ4n) is 1.83. The van der Waals surface area contributed by atoms with E-state index in [2.05, 4.69) is 20.8 Å². The first-order valence-electron chi connectivity index (χ1n) is 7.20. The molecular weight excluding hydrogens is 226 g/mol. The van der Waals surface area contributed by atoms with Crippen LogP contribution in [0.1, 0.15) is 60.3 Å². The summed E-state index contributed by atoms with van der Waals surface area (Å²) in [6.07, 6.45) is 4.22. The van der Waals surface area contributed by atoms with Gasteiger partial charge in [0.25, 0.3) is 0 Å². The molecule has 0 radical (unpaired) electrons. The third-order valence-corrected chi connectivity index (χ3v) is 3.36. The van der Waals surface area contributed by atoms with E-state index in [0.717, 1.165) is 31.8 Å². The van der Waals surface area contributed by atoms with Gasteiger partial charge in [0.15, 0.2) is 0 Å². The third kappa shape index (κ3) is 8.26. The predicted octanol–water partition coefficient (Wildman–Crippen LogP) is 3.52. The molecule has 0 aromatic carbocycles. The molecule has 1 heterocycles. The van der Waals surface area contributed by atoms with Crippen LogP contribution in [0.25, 0.3) is 0 Å². The summed E-state index contributed by atoms with van der Waals surface area (Å²) in [5, 5.41) is 0. The molecular formula is C15H31NO2. The molecule has 1 aliphatic rings. The number of nitrogens with zero attached hydrogens (tertiary/aromatic N) is 1. The van der Waals surface area contributed by atoms with Gasteiger partial charge in [-0.2, -0.15) is 0 Å². The van der Waals surface area contributed by atoms with Gasteiger partial charge in [0.1, 0.15) is 6.79 Å². The minimum absolute atomic E-state index is 0.367. The fourth-order valence-corrected chi connectivity index (χ4v) is 1.83. The number of likely N-dealkylation sites (tertiary alicyclic amines) is 1. The van der Waals surface area contributed by atoms with Gasteiger partial charge < -0.3 is 9.69 Å². The Labute approximate surface area is 113 Å². The summed E-state index contributed by atoms with van der Waals surface area (Å²) >= 11 is 0. The highest BCUT2D eigenvalue weighted by molar-refractivity contribution is 5.76. The van der Waals surface area contributed by atoms with E-state index in [1.165, 1.54) is 12.8 Å². The van der Waals surface area contributed by atoms with Crippen molar-refractivity contribution in [2.75, 3.05) is 13.1 Å². The zero-order valence-corrected chi connectivity index (χ0v) is 12.9. The van der Waals surface area contributed by atoms with E-state index < -0.39 is 0 Å². The molecule has 3 nitrogen and oxygen atoms in total. The number of amides is 1. The molecule has 0 saturated carbocycles. The highest BCUT2D eigenvalue weighted by atomic mass is 16.2. The molecule has 1 atom stereocenters. The average Bonchev–Trinajstić information content (AvgIpc) is 2.43. The Morgan fingerprint density at radius 2 is 1.72 bits per heavy atom. The van der Waals surface area contributed by atoms with Crippen LogP contribution in [-0.2, 0) is 9.59 Å². The van der Waals surface area contributed by atoms with Gasteiger partial charge in [-0.25, -0.2) is 0 Å². The fraction of sp³-hybridized carbons (Fsp3) is 0.867. The molecule has 0 aromatic rings. The van der Waals surface area contributed by atoms with Crippen LogP contribution in [0.2, 0.25) is 0 Å². The number of rotatable bonds is 3. The van der Waals surface area contributed by atoms with Crippen LogP contribution in [0.5, 0.6) is 0 Å². The van der Waals surface area contributed by atoms with E-state index in [-0.39, 0.29) is 0 Å². The molecule has 1 fully saturated rings. The maximum absolute atomic E-state index is 11.8. The van der Waals surface area contributed by atoms with Gasteiger partial charge in [0.2, 0.25) is 5.91 Å². The summed E-state index contributed by atoms with van der Waals surface area (Å²) in [5.41, 5.74) is 0.